The summed E-state index contributed by atoms with van der Waals surface area (Å²) in [6.45, 7) is 1.80. The van der Waals surface area contributed by atoms with Gasteiger partial charge in [-0.05, 0) is 23.3 Å². The highest BCUT2D eigenvalue weighted by molar-refractivity contribution is 7.98. The second kappa shape index (κ2) is 6.99. The van der Waals surface area contributed by atoms with Crippen LogP contribution in [0.25, 0.3) is 0 Å². The molecule has 0 bridgehead atoms. The van der Waals surface area contributed by atoms with Crippen LogP contribution in [0.2, 0.25) is 5.02 Å². The number of aryl methyl sites for hydroxylation is 1. The van der Waals surface area contributed by atoms with Gasteiger partial charge >= 0.3 is 0 Å². The molecule has 0 amide bonds. The van der Waals surface area contributed by atoms with E-state index in [0.717, 1.165) is 10.8 Å². The molecule has 22 heavy (non-hydrogen) atoms. The third-order valence-electron chi connectivity index (χ3n) is 3.22. The molecule has 5 heteroatoms. The highest BCUT2D eigenvalue weighted by Gasteiger charge is 2.16. The Labute approximate surface area is 138 Å². The quantitative estimate of drug-likeness (QED) is 0.656. The number of hydrogen-bond donors (Lipinski definition) is 0. The molecule has 0 N–H and O–H groups in total. The molecule has 0 saturated heterocycles. The van der Waals surface area contributed by atoms with Crippen LogP contribution in [-0.4, -0.2) is 10.1 Å². The van der Waals surface area contributed by atoms with Gasteiger partial charge in [0.15, 0.2) is 5.82 Å². The van der Waals surface area contributed by atoms with E-state index in [4.69, 9.17) is 16.1 Å². The zero-order chi connectivity index (χ0) is 15.4. The SMILES string of the molecule is Cc1nc(CS[C@H](c2ccccc2)c2ccc(Cl)cc2)no1. The van der Waals surface area contributed by atoms with Crippen molar-refractivity contribution in [3.63, 3.8) is 0 Å². The summed E-state index contributed by atoms with van der Waals surface area (Å²) in [6, 6.07) is 18.4. The molecule has 2 aromatic carbocycles. The summed E-state index contributed by atoms with van der Waals surface area (Å²) in [6.07, 6.45) is 0. The Morgan fingerprint density at radius 1 is 1.05 bits per heavy atom. The van der Waals surface area contributed by atoms with Crippen molar-refractivity contribution in [1.82, 2.24) is 10.1 Å². The molecular weight excluding hydrogens is 316 g/mol. The van der Waals surface area contributed by atoms with E-state index in [1.54, 1.807) is 18.7 Å². The lowest BCUT2D eigenvalue weighted by Crippen LogP contribution is -1.98. The van der Waals surface area contributed by atoms with Gasteiger partial charge in [-0.3, -0.25) is 0 Å². The van der Waals surface area contributed by atoms with Gasteiger partial charge < -0.3 is 4.52 Å². The van der Waals surface area contributed by atoms with Gasteiger partial charge in [0.2, 0.25) is 5.89 Å². The molecular formula is C17H15ClN2OS. The summed E-state index contributed by atoms with van der Waals surface area (Å²) in [5.74, 6) is 2.01. The van der Waals surface area contributed by atoms with Crippen molar-refractivity contribution < 1.29 is 4.52 Å². The molecule has 0 aliphatic heterocycles. The predicted octanol–water partition coefficient (Wildman–Crippen LogP) is 5.05. The molecule has 0 unspecified atom stereocenters. The number of hydrogen-bond acceptors (Lipinski definition) is 4. The van der Waals surface area contributed by atoms with E-state index in [-0.39, 0.29) is 5.25 Å². The van der Waals surface area contributed by atoms with Crippen molar-refractivity contribution in [2.45, 2.75) is 17.9 Å². The monoisotopic (exact) mass is 330 g/mol. The topological polar surface area (TPSA) is 38.9 Å². The maximum Gasteiger partial charge on any atom is 0.223 e. The van der Waals surface area contributed by atoms with Gasteiger partial charge in [-0.15, -0.1) is 11.8 Å². The van der Waals surface area contributed by atoms with Gasteiger partial charge in [-0.25, -0.2) is 0 Å². The second-order valence-corrected chi connectivity index (χ2v) is 6.41. The zero-order valence-corrected chi connectivity index (χ0v) is 13.6. The molecule has 0 spiro atoms. The number of halogens is 1. The van der Waals surface area contributed by atoms with E-state index in [1.807, 2.05) is 18.2 Å². The minimum absolute atomic E-state index is 0.206. The van der Waals surface area contributed by atoms with E-state index in [9.17, 15) is 0 Å². The Bertz CT molecular complexity index is 728. The first-order valence-electron chi connectivity index (χ1n) is 6.93. The van der Waals surface area contributed by atoms with Crippen LogP contribution in [0.1, 0.15) is 28.1 Å². The third kappa shape index (κ3) is 3.70. The first kappa shape index (κ1) is 15.1. The fraction of sp³-hybridized carbons (Fsp3) is 0.176. The summed E-state index contributed by atoms with van der Waals surface area (Å²) in [7, 11) is 0. The maximum atomic E-state index is 6.00. The Morgan fingerprint density at radius 3 is 2.36 bits per heavy atom. The molecule has 3 nitrogen and oxygen atoms in total. The summed E-state index contributed by atoms with van der Waals surface area (Å²) in [5.41, 5.74) is 2.45. The van der Waals surface area contributed by atoms with Crippen molar-refractivity contribution in [2.75, 3.05) is 0 Å². The van der Waals surface area contributed by atoms with Gasteiger partial charge in [0, 0.05) is 11.9 Å². The molecule has 1 atom stereocenters. The Hall–Kier alpha value is -1.78. The molecule has 0 fully saturated rings. The Balaban J connectivity index is 1.84. The highest BCUT2D eigenvalue weighted by Crippen LogP contribution is 2.37. The molecule has 1 aromatic heterocycles. The van der Waals surface area contributed by atoms with Crippen LogP contribution in [0.5, 0.6) is 0 Å². The van der Waals surface area contributed by atoms with E-state index >= 15 is 0 Å². The van der Waals surface area contributed by atoms with Crippen LogP contribution in [-0.2, 0) is 5.75 Å². The van der Waals surface area contributed by atoms with Crippen molar-refractivity contribution in [2.24, 2.45) is 0 Å². The average Bonchev–Trinajstić information content (AvgIpc) is 2.96. The summed E-state index contributed by atoms with van der Waals surface area (Å²) in [4.78, 5) is 4.26. The maximum absolute atomic E-state index is 6.00. The molecule has 0 aliphatic carbocycles. The summed E-state index contributed by atoms with van der Waals surface area (Å²) >= 11 is 7.77. The summed E-state index contributed by atoms with van der Waals surface area (Å²) in [5, 5.41) is 4.91. The lowest BCUT2D eigenvalue weighted by Gasteiger charge is -2.17. The number of rotatable bonds is 5. The largest absolute Gasteiger partial charge is 0.340 e. The van der Waals surface area contributed by atoms with Crippen molar-refractivity contribution in [3.05, 3.63) is 82.5 Å². The summed E-state index contributed by atoms with van der Waals surface area (Å²) < 4.78 is 5.03. The van der Waals surface area contributed by atoms with Crippen molar-refractivity contribution >= 4 is 23.4 Å². The molecule has 3 rings (SSSR count). The van der Waals surface area contributed by atoms with E-state index in [0.29, 0.717) is 11.6 Å². The van der Waals surface area contributed by atoms with Gasteiger partial charge in [0.05, 0.1) is 11.0 Å². The first-order valence-corrected chi connectivity index (χ1v) is 8.36. The van der Waals surface area contributed by atoms with Crippen LogP contribution < -0.4 is 0 Å². The van der Waals surface area contributed by atoms with Crippen molar-refractivity contribution in [3.8, 4) is 0 Å². The molecule has 0 saturated carbocycles. The number of thioether (sulfide) groups is 1. The molecule has 3 aromatic rings. The Morgan fingerprint density at radius 2 is 1.73 bits per heavy atom. The standard InChI is InChI=1S/C17H15ClN2OS/c1-12-19-16(20-21-12)11-22-17(13-5-3-2-4-6-13)14-7-9-15(18)10-8-14/h2-10,17H,11H2,1H3/t17-/m1/s1. The fourth-order valence-corrected chi connectivity index (χ4v) is 3.47. The van der Waals surface area contributed by atoms with Crippen LogP contribution in [0.3, 0.4) is 0 Å². The fourth-order valence-electron chi connectivity index (χ4n) is 2.21. The zero-order valence-electron chi connectivity index (χ0n) is 12.1. The smallest absolute Gasteiger partial charge is 0.223 e. The van der Waals surface area contributed by atoms with Crippen LogP contribution >= 0.6 is 23.4 Å². The highest BCUT2D eigenvalue weighted by atomic mass is 35.5. The molecule has 1 heterocycles. The molecule has 0 radical (unpaired) electrons. The van der Waals surface area contributed by atoms with E-state index in [1.165, 1.54) is 11.1 Å². The van der Waals surface area contributed by atoms with Crippen molar-refractivity contribution in [1.29, 1.82) is 0 Å². The third-order valence-corrected chi connectivity index (χ3v) is 4.78. The average molecular weight is 331 g/mol. The number of aromatic nitrogens is 2. The number of nitrogens with zero attached hydrogens (tertiary/aromatic N) is 2. The second-order valence-electron chi connectivity index (χ2n) is 4.88. The minimum atomic E-state index is 0.206. The van der Waals surface area contributed by atoms with Crippen LogP contribution in [0.4, 0.5) is 0 Å². The van der Waals surface area contributed by atoms with Gasteiger partial charge in [-0.1, -0.05) is 59.2 Å². The Kier molecular flexibility index (Phi) is 4.80. The van der Waals surface area contributed by atoms with Crippen LogP contribution in [0, 0.1) is 6.92 Å². The molecule has 0 aliphatic rings. The normalized spacial score (nSPS) is 12.3. The van der Waals surface area contributed by atoms with E-state index in [2.05, 4.69) is 46.5 Å². The van der Waals surface area contributed by atoms with Crippen LogP contribution in [0.15, 0.2) is 59.1 Å². The first-order chi connectivity index (χ1) is 10.7. The van der Waals surface area contributed by atoms with Gasteiger partial charge in [0.25, 0.3) is 0 Å². The molecule has 112 valence electrons. The lowest BCUT2D eigenvalue weighted by atomic mass is 10.0. The van der Waals surface area contributed by atoms with E-state index < -0.39 is 0 Å². The van der Waals surface area contributed by atoms with Gasteiger partial charge in [-0.2, -0.15) is 4.98 Å². The number of benzene rings is 2. The lowest BCUT2D eigenvalue weighted by molar-refractivity contribution is 0.389. The predicted molar refractivity (Wildman–Crippen MR) is 90.1 cm³/mol. The van der Waals surface area contributed by atoms with Gasteiger partial charge in [0.1, 0.15) is 0 Å². The minimum Gasteiger partial charge on any atom is -0.340 e.